The van der Waals surface area contributed by atoms with Crippen LogP contribution in [0, 0.1) is 0 Å². The van der Waals surface area contributed by atoms with E-state index in [1.807, 2.05) is 0 Å². The first-order chi connectivity index (χ1) is 11.3. The van der Waals surface area contributed by atoms with Gasteiger partial charge in [-0.1, -0.05) is 103 Å². The first-order valence-electron chi connectivity index (χ1n) is 10.1. The van der Waals surface area contributed by atoms with E-state index in [0.717, 1.165) is 6.42 Å². The van der Waals surface area contributed by atoms with Crippen LogP contribution in [0.4, 0.5) is 0 Å². The predicted molar refractivity (Wildman–Crippen MR) is 110 cm³/mol. The Hall–Kier alpha value is 0.586. The summed E-state index contributed by atoms with van der Waals surface area (Å²) in [5.41, 5.74) is 0. The summed E-state index contributed by atoms with van der Waals surface area (Å²) < 4.78 is 4.99. The number of hydrogen-bond donors (Lipinski definition) is 1. The first kappa shape index (κ1) is 26.8. The van der Waals surface area contributed by atoms with Crippen LogP contribution in [0.5, 0.6) is 0 Å². The second kappa shape index (κ2) is 23.6. The molecule has 0 unspecified atom stereocenters. The van der Waals surface area contributed by atoms with E-state index in [1.54, 1.807) is 0 Å². The second-order valence-corrected chi connectivity index (χ2v) is 7.00. The van der Waals surface area contributed by atoms with Gasteiger partial charge in [-0.3, -0.25) is 4.79 Å². The molecule has 4 heteroatoms. The van der Waals surface area contributed by atoms with Gasteiger partial charge in [0.25, 0.3) is 0 Å². The second-order valence-electron chi connectivity index (χ2n) is 6.68. The third-order valence-electron chi connectivity index (χ3n) is 4.39. The van der Waals surface area contributed by atoms with Gasteiger partial charge in [-0.25, -0.2) is 0 Å². The monoisotopic (exact) mass is 368 g/mol. The molecule has 0 saturated heterocycles. The molecule has 0 heterocycles. The maximum atomic E-state index is 10.9. The van der Waals surface area contributed by atoms with Crippen LogP contribution in [0.2, 0.25) is 0 Å². The van der Waals surface area contributed by atoms with E-state index in [0.29, 0.717) is 6.61 Å². The molecule has 24 heavy (non-hydrogen) atoms. The van der Waals surface area contributed by atoms with Crippen LogP contribution in [0.25, 0.3) is 0 Å². The fraction of sp³-hybridized carbons (Fsp3) is 0.950. The summed E-state index contributed by atoms with van der Waals surface area (Å²) in [6.45, 7) is 2.85. The van der Waals surface area contributed by atoms with Crippen molar-refractivity contribution in [2.45, 2.75) is 110 Å². The van der Waals surface area contributed by atoms with Crippen LogP contribution in [-0.4, -0.2) is 41.4 Å². The lowest BCUT2D eigenvalue weighted by Gasteiger charge is -2.04. The van der Waals surface area contributed by atoms with E-state index < -0.39 is 0 Å². The minimum absolute atomic E-state index is 0. The van der Waals surface area contributed by atoms with Crippen molar-refractivity contribution in [3.63, 3.8) is 0 Å². The van der Waals surface area contributed by atoms with Gasteiger partial charge in [0.05, 0.1) is 12.4 Å². The summed E-state index contributed by atoms with van der Waals surface area (Å²) in [5.74, 6) is -0.00642. The Morgan fingerprint density at radius 3 is 1.33 bits per heavy atom. The van der Waals surface area contributed by atoms with Crippen molar-refractivity contribution < 1.29 is 9.53 Å². The van der Waals surface area contributed by atoms with Crippen LogP contribution in [0.15, 0.2) is 0 Å². The molecule has 0 aromatic heterocycles. The average molecular weight is 369 g/mol. The van der Waals surface area contributed by atoms with Crippen LogP contribution < -0.4 is 0 Å². The topological polar surface area (TPSA) is 26.3 Å². The normalized spacial score (nSPS) is 10.4. The van der Waals surface area contributed by atoms with Gasteiger partial charge in [-0.05, 0) is 6.42 Å². The minimum Gasteiger partial charge on any atom is -0.465 e. The van der Waals surface area contributed by atoms with Crippen molar-refractivity contribution in [1.29, 1.82) is 0 Å². The lowest BCUT2D eigenvalue weighted by atomic mass is 10.0. The van der Waals surface area contributed by atoms with Crippen molar-refractivity contribution in [1.82, 2.24) is 0 Å². The Morgan fingerprint density at radius 2 is 1.00 bits per heavy atom. The molecule has 0 aliphatic carbocycles. The lowest BCUT2D eigenvalue weighted by molar-refractivity contribution is -0.140. The summed E-state index contributed by atoms with van der Waals surface area (Å²) in [4.78, 5) is 10.9. The number of ether oxygens (including phenoxy) is 1. The van der Waals surface area contributed by atoms with Gasteiger partial charge in [0.2, 0.25) is 0 Å². The zero-order valence-electron chi connectivity index (χ0n) is 16.2. The smallest absolute Gasteiger partial charge is 0.315 e. The molecule has 2 nitrogen and oxygen atoms in total. The summed E-state index contributed by atoms with van der Waals surface area (Å²) in [5, 5.41) is 0. The van der Waals surface area contributed by atoms with Gasteiger partial charge >= 0.3 is 5.97 Å². The number of unbranched alkanes of at least 4 members (excludes halogenated alkanes) is 15. The molecule has 0 spiro atoms. The number of hydrogen-bond acceptors (Lipinski definition) is 3. The molecule has 140 valence electrons. The zero-order chi connectivity index (χ0) is 17.0. The van der Waals surface area contributed by atoms with Crippen molar-refractivity contribution in [3.05, 3.63) is 0 Å². The molecule has 0 aromatic rings. The Kier molecular flexibility index (Phi) is 26.3. The van der Waals surface area contributed by atoms with E-state index >= 15 is 0 Å². The van der Waals surface area contributed by atoms with Crippen LogP contribution in [0.1, 0.15) is 110 Å². The molecule has 0 fully saturated rings. The molecule has 0 aliphatic rings. The van der Waals surface area contributed by atoms with Crippen molar-refractivity contribution in [2.75, 3.05) is 12.4 Å². The van der Waals surface area contributed by atoms with Gasteiger partial charge in [-0.15, -0.1) is 0 Å². The van der Waals surface area contributed by atoms with E-state index in [4.69, 9.17) is 4.74 Å². The standard InChI is InChI=1S/C20H40O2S.Mg/c1-2-3-4-5-6-7-8-9-10-11-12-13-14-15-16-17-18-22-20(21)19-23;/h23H,2-19H2,1H3;. The maximum absolute atomic E-state index is 10.9. The third kappa shape index (κ3) is 22.6. The van der Waals surface area contributed by atoms with Gasteiger partial charge in [0, 0.05) is 23.1 Å². The molecule has 0 aromatic carbocycles. The molecule has 0 bridgehead atoms. The quantitative estimate of drug-likeness (QED) is 0.132. The van der Waals surface area contributed by atoms with Crippen LogP contribution >= 0.6 is 12.6 Å². The maximum Gasteiger partial charge on any atom is 0.315 e. The van der Waals surface area contributed by atoms with E-state index in [-0.39, 0.29) is 34.8 Å². The largest absolute Gasteiger partial charge is 0.465 e. The number of carbonyl (C=O) groups excluding carboxylic acids is 1. The molecule has 0 saturated carbocycles. The molecule has 0 amide bonds. The minimum atomic E-state index is -0.200. The van der Waals surface area contributed by atoms with Crippen LogP contribution in [0.3, 0.4) is 0 Å². The first-order valence-corrected chi connectivity index (χ1v) is 10.7. The van der Waals surface area contributed by atoms with Crippen molar-refractivity contribution in [3.8, 4) is 0 Å². The third-order valence-corrected chi connectivity index (χ3v) is 4.65. The summed E-state index contributed by atoms with van der Waals surface area (Å²) >= 11 is 3.88. The number of rotatable bonds is 18. The highest BCUT2D eigenvalue weighted by molar-refractivity contribution is 7.81. The summed E-state index contributed by atoms with van der Waals surface area (Å²) in [6.07, 6.45) is 21.8. The fourth-order valence-corrected chi connectivity index (χ4v) is 2.97. The highest BCUT2D eigenvalue weighted by Crippen LogP contribution is 2.13. The molecule has 0 aliphatic heterocycles. The summed E-state index contributed by atoms with van der Waals surface area (Å²) in [6, 6.07) is 0. The molecule has 0 atom stereocenters. The number of thiol groups is 1. The average Bonchev–Trinajstić information content (AvgIpc) is 2.57. The fourth-order valence-electron chi connectivity index (χ4n) is 2.88. The van der Waals surface area contributed by atoms with Crippen molar-refractivity contribution >= 4 is 41.7 Å². The van der Waals surface area contributed by atoms with E-state index in [1.165, 1.54) is 96.3 Å². The molecular weight excluding hydrogens is 329 g/mol. The van der Waals surface area contributed by atoms with Gasteiger partial charge in [-0.2, -0.15) is 12.6 Å². The molecule has 2 radical (unpaired) electrons. The van der Waals surface area contributed by atoms with E-state index in [2.05, 4.69) is 19.6 Å². The molecule has 0 rings (SSSR count). The number of carbonyl (C=O) groups is 1. The van der Waals surface area contributed by atoms with Gasteiger partial charge in [0.1, 0.15) is 0 Å². The molecule has 0 N–H and O–H groups in total. The highest BCUT2D eigenvalue weighted by atomic mass is 32.1. The van der Waals surface area contributed by atoms with Crippen LogP contribution in [-0.2, 0) is 9.53 Å². The Balaban J connectivity index is 0. The Morgan fingerprint density at radius 1 is 0.667 bits per heavy atom. The summed E-state index contributed by atoms with van der Waals surface area (Å²) in [7, 11) is 0. The zero-order valence-corrected chi connectivity index (χ0v) is 18.5. The Labute approximate surface area is 172 Å². The SMILES string of the molecule is CCCCCCCCCCCCCCCCCCOC(=O)CS.[Mg]. The predicted octanol–water partition coefficient (Wildman–Crippen LogP) is 6.34. The number of esters is 1. The van der Waals surface area contributed by atoms with Gasteiger partial charge < -0.3 is 4.74 Å². The molecular formula is C20H40MgO2S. The Bertz CT molecular complexity index is 250. The highest BCUT2D eigenvalue weighted by Gasteiger charge is 1.98. The van der Waals surface area contributed by atoms with Crippen molar-refractivity contribution in [2.24, 2.45) is 0 Å². The lowest BCUT2D eigenvalue weighted by Crippen LogP contribution is -2.06. The van der Waals surface area contributed by atoms with Gasteiger partial charge in [0.15, 0.2) is 0 Å². The van der Waals surface area contributed by atoms with E-state index in [9.17, 15) is 4.79 Å².